The smallest absolute Gasteiger partial charge is 0.256 e. The number of hydrogen-bond acceptors (Lipinski definition) is 6. The molecular weight excluding hydrogens is 414 g/mol. The lowest BCUT2D eigenvalue weighted by molar-refractivity contribution is 0.102. The molecule has 0 saturated heterocycles. The van der Waals surface area contributed by atoms with Crippen molar-refractivity contribution < 1.29 is 4.79 Å². The second-order valence-electron chi connectivity index (χ2n) is 7.45. The summed E-state index contributed by atoms with van der Waals surface area (Å²) in [5.41, 5.74) is 10.5. The van der Waals surface area contributed by atoms with E-state index >= 15 is 0 Å². The largest absolute Gasteiger partial charge is 0.382 e. The van der Waals surface area contributed by atoms with Gasteiger partial charge in [0.15, 0.2) is 0 Å². The van der Waals surface area contributed by atoms with Crippen LogP contribution in [0.15, 0.2) is 78.0 Å². The van der Waals surface area contributed by atoms with Crippen LogP contribution in [0.3, 0.4) is 0 Å². The number of anilines is 1. The lowest BCUT2D eigenvalue weighted by atomic mass is 10.0. The Kier molecular flexibility index (Phi) is 6.45. The van der Waals surface area contributed by atoms with Crippen LogP contribution in [0, 0.1) is 5.41 Å². The molecule has 164 valence electrons. The zero-order valence-corrected chi connectivity index (χ0v) is 17.9. The van der Waals surface area contributed by atoms with Gasteiger partial charge in [-0.15, -0.1) is 0 Å². The van der Waals surface area contributed by atoms with Gasteiger partial charge in [-0.2, -0.15) is 0 Å². The van der Waals surface area contributed by atoms with Crippen LogP contribution in [0.1, 0.15) is 28.9 Å². The molecule has 8 nitrogen and oxygen atoms in total. The van der Waals surface area contributed by atoms with Gasteiger partial charge in [-0.05, 0) is 67.6 Å². The zero-order valence-electron chi connectivity index (χ0n) is 17.9. The molecule has 5 rings (SSSR count). The summed E-state index contributed by atoms with van der Waals surface area (Å²) in [6, 6.07) is 18.7. The number of carbonyl (C=O) groups excluding carboxylic acids is 1. The van der Waals surface area contributed by atoms with Gasteiger partial charge in [-0.1, -0.05) is 18.2 Å². The maximum atomic E-state index is 12.8. The number of nitrogens with two attached hydrogens (primary N) is 1. The molecule has 1 fully saturated rings. The number of pyridine rings is 3. The standard InChI is InChI=1S/C24H20N6O.CH3N/c25-23(28-18-9-10-18)20-6-2-8-22(29-20)30-24(31)16-5-1-4-15(12-16)17-13-21-19(27-14-17)7-3-11-26-21;1-2/h1-8,11-14,18H,9-10H2,(H2,25,28)(H,29,30,31);2H,1H2. The normalized spacial score (nSPS) is 13.2. The second kappa shape index (κ2) is 9.78. The summed E-state index contributed by atoms with van der Waals surface area (Å²) >= 11 is 0. The molecule has 1 amide bonds. The predicted molar refractivity (Wildman–Crippen MR) is 131 cm³/mol. The molecule has 33 heavy (non-hydrogen) atoms. The maximum Gasteiger partial charge on any atom is 0.256 e. The van der Waals surface area contributed by atoms with Gasteiger partial charge in [0.05, 0.1) is 17.1 Å². The number of rotatable bonds is 5. The summed E-state index contributed by atoms with van der Waals surface area (Å²) in [5.74, 6) is 0.576. The van der Waals surface area contributed by atoms with E-state index in [0.717, 1.165) is 35.0 Å². The number of hydrogen-bond donors (Lipinski definition) is 3. The molecule has 0 spiro atoms. The van der Waals surface area contributed by atoms with Gasteiger partial charge in [-0.25, -0.2) is 4.98 Å². The molecule has 0 bridgehead atoms. The average Bonchev–Trinajstić information content (AvgIpc) is 3.69. The van der Waals surface area contributed by atoms with E-state index in [2.05, 4.69) is 32.0 Å². The fourth-order valence-corrected chi connectivity index (χ4v) is 3.25. The zero-order chi connectivity index (χ0) is 23.2. The monoisotopic (exact) mass is 437 g/mol. The molecule has 1 aliphatic carbocycles. The number of amides is 1. The van der Waals surface area contributed by atoms with Crippen molar-refractivity contribution in [2.75, 3.05) is 5.32 Å². The van der Waals surface area contributed by atoms with Crippen molar-refractivity contribution in [3.8, 4) is 11.1 Å². The van der Waals surface area contributed by atoms with E-state index in [0.29, 0.717) is 29.0 Å². The summed E-state index contributed by atoms with van der Waals surface area (Å²) in [5, 5.41) is 8.34. The maximum absolute atomic E-state index is 12.8. The van der Waals surface area contributed by atoms with Crippen LogP contribution in [-0.2, 0) is 0 Å². The number of fused-ring (bicyclic) bond motifs is 1. The predicted octanol–water partition coefficient (Wildman–Crippen LogP) is 4.08. The highest BCUT2D eigenvalue weighted by atomic mass is 16.1. The van der Waals surface area contributed by atoms with Crippen molar-refractivity contribution in [1.82, 2.24) is 15.0 Å². The minimum Gasteiger partial charge on any atom is -0.382 e. The lowest BCUT2D eigenvalue weighted by Crippen LogP contribution is -2.18. The first-order valence-electron chi connectivity index (χ1n) is 10.4. The van der Waals surface area contributed by atoms with Gasteiger partial charge in [0.2, 0.25) is 0 Å². The molecule has 0 aliphatic heterocycles. The number of aliphatic imine (C=N–C) groups is 1. The van der Waals surface area contributed by atoms with Gasteiger partial charge < -0.3 is 16.5 Å². The minimum atomic E-state index is -0.254. The first-order valence-corrected chi connectivity index (χ1v) is 10.4. The molecule has 0 atom stereocenters. The fourth-order valence-electron chi connectivity index (χ4n) is 3.25. The van der Waals surface area contributed by atoms with Crippen LogP contribution in [0.5, 0.6) is 0 Å². The minimum absolute atomic E-state index is 0.254. The van der Waals surface area contributed by atoms with Crippen LogP contribution in [-0.4, -0.2) is 39.5 Å². The Morgan fingerprint density at radius 1 is 1.00 bits per heavy atom. The Balaban J connectivity index is 0.00000126. The molecule has 0 unspecified atom stereocenters. The highest BCUT2D eigenvalue weighted by molar-refractivity contribution is 6.05. The second-order valence-corrected chi connectivity index (χ2v) is 7.45. The average molecular weight is 438 g/mol. The van der Waals surface area contributed by atoms with Gasteiger partial charge in [0, 0.05) is 23.5 Å². The van der Waals surface area contributed by atoms with E-state index in [1.54, 1.807) is 36.7 Å². The summed E-state index contributed by atoms with van der Waals surface area (Å²) < 4.78 is 0. The van der Waals surface area contributed by atoms with Crippen LogP contribution in [0.2, 0.25) is 0 Å². The molecule has 0 radical (unpaired) electrons. The quantitative estimate of drug-likeness (QED) is 0.320. The number of carbonyl (C=O) groups is 1. The topological polar surface area (TPSA) is 130 Å². The van der Waals surface area contributed by atoms with E-state index in [1.807, 2.05) is 36.4 Å². The van der Waals surface area contributed by atoms with Crippen LogP contribution >= 0.6 is 0 Å². The SMILES string of the molecule is C=N.NC(=NC1CC1)c1cccc(NC(=O)c2cccc(-c3cnc4cccnc4c3)c2)n1. The molecule has 1 aromatic carbocycles. The van der Waals surface area contributed by atoms with E-state index in [-0.39, 0.29) is 5.91 Å². The fraction of sp³-hybridized carbons (Fsp3) is 0.120. The third kappa shape index (κ3) is 5.24. The summed E-state index contributed by atoms with van der Waals surface area (Å²) in [7, 11) is 0. The summed E-state index contributed by atoms with van der Waals surface area (Å²) in [6.07, 6.45) is 5.65. The van der Waals surface area contributed by atoms with Crippen LogP contribution in [0.4, 0.5) is 5.82 Å². The van der Waals surface area contributed by atoms with Crippen LogP contribution < -0.4 is 11.1 Å². The van der Waals surface area contributed by atoms with E-state index in [9.17, 15) is 4.79 Å². The molecule has 3 heterocycles. The van der Waals surface area contributed by atoms with E-state index < -0.39 is 0 Å². The molecular formula is C25H23N7O. The Morgan fingerprint density at radius 3 is 2.64 bits per heavy atom. The third-order valence-corrected chi connectivity index (χ3v) is 5.03. The van der Waals surface area contributed by atoms with Crippen molar-refractivity contribution in [3.05, 3.63) is 84.3 Å². The number of benzene rings is 1. The number of aromatic nitrogens is 3. The van der Waals surface area contributed by atoms with E-state index in [4.69, 9.17) is 11.1 Å². The number of amidine groups is 1. The van der Waals surface area contributed by atoms with Crippen molar-refractivity contribution in [2.24, 2.45) is 10.7 Å². The van der Waals surface area contributed by atoms with Crippen molar-refractivity contribution in [3.63, 3.8) is 0 Å². The Hall–Kier alpha value is -4.46. The molecule has 1 saturated carbocycles. The molecule has 8 heteroatoms. The molecule has 4 N–H and O–H groups in total. The lowest BCUT2D eigenvalue weighted by Gasteiger charge is -2.08. The van der Waals surface area contributed by atoms with Gasteiger partial charge in [0.25, 0.3) is 5.91 Å². The highest BCUT2D eigenvalue weighted by Gasteiger charge is 2.21. The van der Waals surface area contributed by atoms with Gasteiger partial charge in [0.1, 0.15) is 17.3 Å². The first-order chi connectivity index (χ1) is 16.2. The van der Waals surface area contributed by atoms with Crippen molar-refractivity contribution in [1.29, 1.82) is 5.41 Å². The van der Waals surface area contributed by atoms with Crippen molar-refractivity contribution >= 4 is 35.3 Å². The third-order valence-electron chi connectivity index (χ3n) is 5.03. The highest BCUT2D eigenvalue weighted by Crippen LogP contribution is 2.24. The Labute approximate surface area is 191 Å². The molecule has 3 aromatic heterocycles. The van der Waals surface area contributed by atoms with Crippen molar-refractivity contribution in [2.45, 2.75) is 18.9 Å². The first kappa shape index (κ1) is 21.8. The Morgan fingerprint density at radius 2 is 1.82 bits per heavy atom. The summed E-state index contributed by atoms with van der Waals surface area (Å²) in [4.78, 5) is 30.5. The number of nitrogens with one attached hydrogen (secondary N) is 2. The summed E-state index contributed by atoms with van der Waals surface area (Å²) in [6.45, 7) is 2.50. The van der Waals surface area contributed by atoms with E-state index in [1.165, 1.54) is 0 Å². The molecule has 4 aromatic rings. The van der Waals surface area contributed by atoms with Crippen LogP contribution in [0.25, 0.3) is 22.2 Å². The molecule has 1 aliphatic rings. The number of nitrogens with zero attached hydrogens (tertiary/aromatic N) is 4. The Bertz CT molecular complexity index is 1330. The van der Waals surface area contributed by atoms with Gasteiger partial charge >= 0.3 is 0 Å². The van der Waals surface area contributed by atoms with Gasteiger partial charge in [-0.3, -0.25) is 19.8 Å².